The summed E-state index contributed by atoms with van der Waals surface area (Å²) in [5.41, 5.74) is 0.417. The van der Waals surface area contributed by atoms with E-state index < -0.39 is 4.92 Å². The van der Waals surface area contributed by atoms with Gasteiger partial charge in [-0.25, -0.2) is 0 Å². The van der Waals surface area contributed by atoms with Crippen LogP contribution in [-0.4, -0.2) is 44.2 Å². The van der Waals surface area contributed by atoms with Gasteiger partial charge in [-0.3, -0.25) is 14.9 Å². The number of non-ortho nitro benzene ring substituents is 1. The molecule has 0 aliphatic heterocycles. The molecule has 0 atom stereocenters. The summed E-state index contributed by atoms with van der Waals surface area (Å²) in [5.74, 6) is -0.238. The van der Waals surface area contributed by atoms with Gasteiger partial charge in [0.1, 0.15) is 0 Å². The standard InChI is InChI=1S/C12H16IN3O4.ClH/c1-20-7-6-14-4-5-15-12(17)10-3-2-9(16(18)19)8-11(10)13;/h2-3,8,14H,4-7H2,1H3,(H,15,17);1H. The predicted octanol–water partition coefficient (Wildman–Crippen LogP) is 1.59. The summed E-state index contributed by atoms with van der Waals surface area (Å²) in [4.78, 5) is 22.0. The van der Waals surface area contributed by atoms with E-state index in [-0.39, 0.29) is 24.0 Å². The molecule has 0 radical (unpaired) electrons. The number of hydrogen-bond acceptors (Lipinski definition) is 5. The van der Waals surface area contributed by atoms with Crippen molar-refractivity contribution < 1.29 is 14.5 Å². The molecule has 0 heterocycles. The minimum absolute atomic E-state index is 0. The number of rotatable bonds is 8. The molecule has 0 fully saturated rings. The topological polar surface area (TPSA) is 93.5 Å². The second kappa shape index (κ2) is 10.7. The van der Waals surface area contributed by atoms with Crippen molar-refractivity contribution in [2.45, 2.75) is 0 Å². The van der Waals surface area contributed by atoms with Crippen LogP contribution >= 0.6 is 35.0 Å². The van der Waals surface area contributed by atoms with Crippen molar-refractivity contribution in [3.8, 4) is 0 Å². The molecule has 0 saturated heterocycles. The Kier molecular flexibility index (Phi) is 10.2. The van der Waals surface area contributed by atoms with Crippen LogP contribution in [0, 0.1) is 13.7 Å². The van der Waals surface area contributed by atoms with Crippen LogP contribution < -0.4 is 10.6 Å². The van der Waals surface area contributed by atoms with Gasteiger partial charge in [0.25, 0.3) is 11.6 Å². The highest BCUT2D eigenvalue weighted by atomic mass is 127. The molecule has 1 amide bonds. The van der Waals surface area contributed by atoms with E-state index in [1.54, 1.807) is 7.11 Å². The van der Waals surface area contributed by atoms with E-state index in [4.69, 9.17) is 4.74 Å². The number of nitrogens with zero attached hydrogens (tertiary/aromatic N) is 1. The lowest BCUT2D eigenvalue weighted by atomic mass is 10.2. The van der Waals surface area contributed by atoms with Crippen LogP contribution in [0.2, 0.25) is 0 Å². The van der Waals surface area contributed by atoms with Crippen LogP contribution in [-0.2, 0) is 4.74 Å². The van der Waals surface area contributed by atoms with Gasteiger partial charge in [0.15, 0.2) is 0 Å². The monoisotopic (exact) mass is 429 g/mol. The van der Waals surface area contributed by atoms with E-state index in [9.17, 15) is 14.9 Å². The molecule has 0 bridgehead atoms. The number of halogens is 2. The van der Waals surface area contributed by atoms with Crippen molar-refractivity contribution in [1.29, 1.82) is 0 Å². The Morgan fingerprint density at radius 2 is 2.10 bits per heavy atom. The van der Waals surface area contributed by atoms with Crippen molar-refractivity contribution in [2.24, 2.45) is 0 Å². The second-order valence-electron chi connectivity index (χ2n) is 3.92. The molecule has 21 heavy (non-hydrogen) atoms. The van der Waals surface area contributed by atoms with Crippen LogP contribution in [0.15, 0.2) is 18.2 Å². The lowest BCUT2D eigenvalue weighted by molar-refractivity contribution is -0.384. The van der Waals surface area contributed by atoms with Gasteiger partial charge < -0.3 is 15.4 Å². The molecule has 2 N–H and O–H groups in total. The average Bonchev–Trinajstić information content (AvgIpc) is 2.42. The maximum Gasteiger partial charge on any atom is 0.270 e. The summed E-state index contributed by atoms with van der Waals surface area (Å²) in [6.45, 7) is 2.46. The van der Waals surface area contributed by atoms with Gasteiger partial charge in [0, 0.05) is 42.4 Å². The highest BCUT2D eigenvalue weighted by Gasteiger charge is 2.13. The Bertz CT molecular complexity index is 488. The molecule has 0 aliphatic carbocycles. The van der Waals surface area contributed by atoms with Crippen molar-refractivity contribution >= 4 is 46.6 Å². The van der Waals surface area contributed by atoms with Crippen LogP contribution in [0.4, 0.5) is 5.69 Å². The van der Waals surface area contributed by atoms with E-state index in [0.29, 0.717) is 28.8 Å². The minimum atomic E-state index is -0.483. The maximum absolute atomic E-state index is 11.9. The summed E-state index contributed by atoms with van der Waals surface area (Å²) in [7, 11) is 1.62. The number of methoxy groups -OCH3 is 1. The lowest BCUT2D eigenvalue weighted by Gasteiger charge is -2.07. The normalized spacial score (nSPS) is 9.81. The summed E-state index contributed by atoms with van der Waals surface area (Å²) in [6.07, 6.45) is 0. The Balaban J connectivity index is 0.00000400. The number of hydrogen-bond donors (Lipinski definition) is 2. The number of nitro groups is 1. The molecule has 9 heteroatoms. The third kappa shape index (κ3) is 7.02. The fourth-order valence-corrected chi connectivity index (χ4v) is 2.20. The van der Waals surface area contributed by atoms with Crippen LogP contribution in [0.3, 0.4) is 0 Å². The number of nitro benzene ring substituents is 1. The third-order valence-corrected chi connectivity index (χ3v) is 3.37. The molecular weight excluding hydrogens is 413 g/mol. The van der Waals surface area contributed by atoms with E-state index in [1.807, 2.05) is 22.6 Å². The smallest absolute Gasteiger partial charge is 0.270 e. The van der Waals surface area contributed by atoms with Gasteiger partial charge in [0.2, 0.25) is 0 Å². The fourth-order valence-electron chi connectivity index (χ4n) is 1.46. The van der Waals surface area contributed by atoms with Gasteiger partial charge in [-0.1, -0.05) is 0 Å². The largest absolute Gasteiger partial charge is 0.383 e. The molecule has 0 saturated carbocycles. The quantitative estimate of drug-likeness (QED) is 0.283. The molecule has 1 rings (SSSR count). The maximum atomic E-state index is 11.9. The molecule has 1 aromatic carbocycles. The number of amides is 1. The van der Waals surface area contributed by atoms with Crippen LogP contribution in [0.1, 0.15) is 10.4 Å². The predicted molar refractivity (Wildman–Crippen MR) is 90.1 cm³/mol. The zero-order chi connectivity index (χ0) is 15.0. The van der Waals surface area contributed by atoms with Crippen molar-refractivity contribution in [3.05, 3.63) is 37.4 Å². The Labute approximate surface area is 142 Å². The van der Waals surface area contributed by atoms with Gasteiger partial charge in [-0.05, 0) is 28.7 Å². The van der Waals surface area contributed by atoms with Crippen LogP contribution in [0.5, 0.6) is 0 Å². The first-order valence-electron chi connectivity index (χ1n) is 5.98. The first-order chi connectivity index (χ1) is 9.56. The third-order valence-electron chi connectivity index (χ3n) is 2.48. The lowest BCUT2D eigenvalue weighted by Crippen LogP contribution is -2.33. The zero-order valence-corrected chi connectivity index (χ0v) is 14.4. The first kappa shape index (κ1) is 20.0. The van der Waals surface area contributed by atoms with E-state index in [0.717, 1.165) is 6.54 Å². The SMILES string of the molecule is COCCNCCNC(=O)c1ccc([N+](=O)[O-])cc1I.Cl. The van der Waals surface area contributed by atoms with Crippen molar-refractivity contribution in [3.63, 3.8) is 0 Å². The molecule has 7 nitrogen and oxygen atoms in total. The molecule has 0 aliphatic rings. The van der Waals surface area contributed by atoms with Gasteiger partial charge in [-0.15, -0.1) is 12.4 Å². The van der Waals surface area contributed by atoms with Crippen LogP contribution in [0.25, 0.3) is 0 Å². The average molecular weight is 430 g/mol. The number of benzene rings is 1. The van der Waals surface area contributed by atoms with Gasteiger partial charge in [-0.2, -0.15) is 0 Å². The zero-order valence-electron chi connectivity index (χ0n) is 11.4. The summed E-state index contributed by atoms with van der Waals surface area (Å²) in [6, 6.07) is 4.17. The summed E-state index contributed by atoms with van der Waals surface area (Å²) in [5, 5.41) is 16.5. The number of carbonyl (C=O) groups excluding carboxylic acids is 1. The van der Waals surface area contributed by atoms with Gasteiger partial charge in [0.05, 0.1) is 17.1 Å². The highest BCUT2D eigenvalue weighted by Crippen LogP contribution is 2.19. The van der Waals surface area contributed by atoms with E-state index in [1.165, 1.54) is 18.2 Å². The molecule has 0 aromatic heterocycles. The number of ether oxygens (including phenoxy) is 1. The molecule has 118 valence electrons. The highest BCUT2D eigenvalue weighted by molar-refractivity contribution is 14.1. The summed E-state index contributed by atoms with van der Waals surface area (Å²) < 4.78 is 5.44. The first-order valence-corrected chi connectivity index (χ1v) is 7.06. The fraction of sp³-hybridized carbons (Fsp3) is 0.417. The molecule has 0 unspecified atom stereocenters. The minimum Gasteiger partial charge on any atom is -0.383 e. The van der Waals surface area contributed by atoms with E-state index in [2.05, 4.69) is 10.6 Å². The molecule has 0 spiro atoms. The van der Waals surface area contributed by atoms with E-state index >= 15 is 0 Å². The number of carbonyl (C=O) groups is 1. The van der Waals surface area contributed by atoms with Gasteiger partial charge >= 0.3 is 0 Å². The number of nitrogens with one attached hydrogen (secondary N) is 2. The molecule has 1 aromatic rings. The van der Waals surface area contributed by atoms with Crippen molar-refractivity contribution in [1.82, 2.24) is 10.6 Å². The molecular formula is C12H17ClIN3O4. The second-order valence-corrected chi connectivity index (χ2v) is 5.08. The van der Waals surface area contributed by atoms with Crippen molar-refractivity contribution in [2.75, 3.05) is 33.4 Å². The Hall–Kier alpha value is -0.970. The Morgan fingerprint density at radius 1 is 1.38 bits per heavy atom. The Morgan fingerprint density at radius 3 is 2.67 bits per heavy atom. The summed E-state index contributed by atoms with van der Waals surface area (Å²) >= 11 is 1.92.